The SMILES string of the molecule is c1ccc(-c2cc(-c3ccccc3)cc(-c3cc4c5ccccc5n(-c5ccccc5)c4c4ccccc34)c2)cc1. The molecule has 8 rings (SSSR count). The fourth-order valence-electron chi connectivity index (χ4n) is 6.28. The predicted octanol–water partition coefficient (Wildman–Crippen LogP) is 10.9. The van der Waals surface area contributed by atoms with Gasteiger partial charge in [0.2, 0.25) is 0 Å². The Morgan fingerprint density at radius 2 is 0.805 bits per heavy atom. The van der Waals surface area contributed by atoms with E-state index in [9.17, 15) is 0 Å². The summed E-state index contributed by atoms with van der Waals surface area (Å²) in [6, 6.07) is 59.2. The van der Waals surface area contributed by atoms with Gasteiger partial charge in [-0.2, -0.15) is 0 Å². The van der Waals surface area contributed by atoms with Crippen LogP contribution in [0.4, 0.5) is 0 Å². The van der Waals surface area contributed by atoms with Crippen molar-refractivity contribution in [3.63, 3.8) is 0 Å². The summed E-state index contributed by atoms with van der Waals surface area (Å²) < 4.78 is 2.42. The summed E-state index contributed by atoms with van der Waals surface area (Å²) in [5, 5.41) is 5.04. The Kier molecular flexibility index (Phi) is 5.53. The molecule has 0 unspecified atom stereocenters. The molecule has 8 aromatic rings. The molecule has 7 aromatic carbocycles. The summed E-state index contributed by atoms with van der Waals surface area (Å²) in [5.74, 6) is 0. The van der Waals surface area contributed by atoms with Crippen LogP contribution in [-0.2, 0) is 0 Å². The van der Waals surface area contributed by atoms with Gasteiger partial charge in [-0.3, -0.25) is 0 Å². The second-order valence-electron chi connectivity index (χ2n) is 10.6. The van der Waals surface area contributed by atoms with E-state index in [4.69, 9.17) is 0 Å². The van der Waals surface area contributed by atoms with Crippen LogP contribution >= 0.6 is 0 Å². The van der Waals surface area contributed by atoms with Gasteiger partial charge in [0.15, 0.2) is 0 Å². The summed E-state index contributed by atoms with van der Waals surface area (Å²) in [6.07, 6.45) is 0. The van der Waals surface area contributed by atoms with Crippen LogP contribution in [0.15, 0.2) is 164 Å². The van der Waals surface area contributed by atoms with Crippen LogP contribution in [0.2, 0.25) is 0 Å². The van der Waals surface area contributed by atoms with Crippen molar-refractivity contribution in [2.45, 2.75) is 0 Å². The van der Waals surface area contributed by atoms with E-state index >= 15 is 0 Å². The molecule has 0 aliphatic carbocycles. The van der Waals surface area contributed by atoms with Gasteiger partial charge >= 0.3 is 0 Å². The molecule has 0 saturated carbocycles. The Morgan fingerprint density at radius 1 is 0.317 bits per heavy atom. The molecule has 0 fully saturated rings. The number of nitrogens with zero attached hydrogens (tertiary/aromatic N) is 1. The second kappa shape index (κ2) is 9.66. The van der Waals surface area contributed by atoms with Crippen LogP contribution in [0.3, 0.4) is 0 Å². The molecule has 0 spiro atoms. The van der Waals surface area contributed by atoms with E-state index in [1.54, 1.807) is 0 Å². The smallest absolute Gasteiger partial charge is 0.0619 e. The van der Waals surface area contributed by atoms with Crippen LogP contribution < -0.4 is 0 Å². The Hall–Kier alpha value is -5.40. The second-order valence-corrected chi connectivity index (χ2v) is 10.6. The highest BCUT2D eigenvalue weighted by Crippen LogP contribution is 2.42. The summed E-state index contributed by atoms with van der Waals surface area (Å²) in [4.78, 5) is 0. The molecule has 1 heteroatoms. The first-order valence-electron chi connectivity index (χ1n) is 14.1. The molecular formula is C40H27N. The van der Waals surface area contributed by atoms with E-state index < -0.39 is 0 Å². The lowest BCUT2D eigenvalue weighted by atomic mass is 9.90. The molecule has 0 saturated heterocycles. The molecular weight excluding hydrogens is 494 g/mol. The van der Waals surface area contributed by atoms with E-state index in [2.05, 4.69) is 168 Å². The first kappa shape index (κ1) is 23.5. The first-order valence-corrected chi connectivity index (χ1v) is 14.1. The van der Waals surface area contributed by atoms with Gasteiger partial charge in [-0.15, -0.1) is 0 Å². The topological polar surface area (TPSA) is 4.93 Å². The molecule has 0 N–H and O–H groups in total. The highest BCUT2D eigenvalue weighted by molar-refractivity contribution is 6.22. The minimum atomic E-state index is 1.18. The fourth-order valence-corrected chi connectivity index (χ4v) is 6.28. The monoisotopic (exact) mass is 521 g/mol. The molecule has 1 aromatic heterocycles. The number of benzene rings is 7. The van der Waals surface area contributed by atoms with E-state index in [0.717, 1.165) is 0 Å². The lowest BCUT2D eigenvalue weighted by Crippen LogP contribution is -1.94. The van der Waals surface area contributed by atoms with E-state index in [1.165, 1.54) is 71.6 Å². The number of hydrogen-bond acceptors (Lipinski definition) is 0. The van der Waals surface area contributed by atoms with Crippen LogP contribution in [0.25, 0.3) is 71.6 Å². The van der Waals surface area contributed by atoms with Crippen LogP contribution in [0, 0.1) is 0 Å². The average molecular weight is 522 g/mol. The number of hydrogen-bond donors (Lipinski definition) is 0. The molecule has 41 heavy (non-hydrogen) atoms. The van der Waals surface area contributed by atoms with Gasteiger partial charge in [0, 0.05) is 21.8 Å². The molecule has 0 bridgehead atoms. The molecule has 192 valence electrons. The van der Waals surface area contributed by atoms with Gasteiger partial charge in [0.25, 0.3) is 0 Å². The van der Waals surface area contributed by atoms with Gasteiger partial charge in [0.05, 0.1) is 11.0 Å². The zero-order chi connectivity index (χ0) is 27.2. The normalized spacial score (nSPS) is 11.4. The zero-order valence-electron chi connectivity index (χ0n) is 22.5. The Morgan fingerprint density at radius 3 is 1.44 bits per heavy atom. The Labute approximate surface area is 239 Å². The molecule has 0 aliphatic heterocycles. The number of fused-ring (bicyclic) bond motifs is 5. The van der Waals surface area contributed by atoms with Crippen molar-refractivity contribution in [1.82, 2.24) is 4.57 Å². The molecule has 1 nitrogen and oxygen atoms in total. The van der Waals surface area contributed by atoms with Crippen molar-refractivity contribution in [2.75, 3.05) is 0 Å². The van der Waals surface area contributed by atoms with E-state index in [1.807, 2.05) is 0 Å². The van der Waals surface area contributed by atoms with E-state index in [0.29, 0.717) is 0 Å². The molecule has 0 aliphatic rings. The maximum absolute atomic E-state index is 2.42. The minimum Gasteiger partial charge on any atom is -0.309 e. The quantitative estimate of drug-likeness (QED) is 0.217. The molecule has 1 heterocycles. The largest absolute Gasteiger partial charge is 0.309 e. The van der Waals surface area contributed by atoms with Crippen molar-refractivity contribution < 1.29 is 0 Å². The molecule has 0 amide bonds. The van der Waals surface area contributed by atoms with E-state index in [-0.39, 0.29) is 0 Å². The Balaban J connectivity index is 1.48. The van der Waals surface area contributed by atoms with Crippen molar-refractivity contribution >= 4 is 32.6 Å². The maximum Gasteiger partial charge on any atom is 0.0619 e. The predicted molar refractivity (Wildman–Crippen MR) is 175 cm³/mol. The highest BCUT2D eigenvalue weighted by atomic mass is 15.0. The number of rotatable bonds is 4. The summed E-state index contributed by atoms with van der Waals surface area (Å²) in [5.41, 5.74) is 11.0. The standard InChI is InChI=1S/C40H27N/c1-4-14-28(15-5-1)30-24-31(29-16-6-2-7-17-29)26-32(25-30)37-27-38-35-21-12-13-23-39(35)41(33-18-8-3-9-19-33)40(38)36-22-11-10-20-34(36)37/h1-27H. The minimum absolute atomic E-state index is 1.18. The first-order chi connectivity index (χ1) is 20.3. The average Bonchev–Trinajstić information content (AvgIpc) is 3.40. The Bertz CT molecular complexity index is 2110. The third-order valence-corrected chi connectivity index (χ3v) is 8.15. The van der Waals surface area contributed by atoms with Gasteiger partial charge < -0.3 is 4.57 Å². The zero-order valence-corrected chi connectivity index (χ0v) is 22.5. The summed E-state index contributed by atoms with van der Waals surface area (Å²) >= 11 is 0. The van der Waals surface area contributed by atoms with Crippen molar-refractivity contribution in [3.05, 3.63) is 164 Å². The highest BCUT2D eigenvalue weighted by Gasteiger charge is 2.18. The number of para-hydroxylation sites is 2. The lowest BCUT2D eigenvalue weighted by molar-refractivity contribution is 1.19. The molecule has 0 radical (unpaired) electrons. The summed E-state index contributed by atoms with van der Waals surface area (Å²) in [7, 11) is 0. The molecule has 0 atom stereocenters. The van der Waals surface area contributed by atoms with Crippen molar-refractivity contribution in [1.29, 1.82) is 0 Å². The van der Waals surface area contributed by atoms with Crippen molar-refractivity contribution in [3.8, 4) is 39.1 Å². The fraction of sp³-hybridized carbons (Fsp3) is 0. The van der Waals surface area contributed by atoms with Crippen molar-refractivity contribution in [2.24, 2.45) is 0 Å². The third-order valence-electron chi connectivity index (χ3n) is 8.15. The van der Waals surface area contributed by atoms with Crippen LogP contribution in [0.1, 0.15) is 0 Å². The summed E-state index contributed by atoms with van der Waals surface area (Å²) in [6.45, 7) is 0. The van der Waals surface area contributed by atoms with Crippen LogP contribution in [0.5, 0.6) is 0 Å². The van der Waals surface area contributed by atoms with Crippen LogP contribution in [-0.4, -0.2) is 4.57 Å². The maximum atomic E-state index is 2.42. The third kappa shape index (κ3) is 3.94. The van der Waals surface area contributed by atoms with Gasteiger partial charge in [-0.1, -0.05) is 121 Å². The van der Waals surface area contributed by atoms with Gasteiger partial charge in [-0.05, 0) is 81.2 Å². The number of aromatic nitrogens is 1. The van der Waals surface area contributed by atoms with Gasteiger partial charge in [0.1, 0.15) is 0 Å². The lowest BCUT2D eigenvalue weighted by Gasteiger charge is -2.15. The van der Waals surface area contributed by atoms with Gasteiger partial charge in [-0.25, -0.2) is 0 Å².